The highest BCUT2D eigenvalue weighted by Crippen LogP contribution is 2.39. The zero-order chi connectivity index (χ0) is 37.1. The lowest BCUT2D eigenvalue weighted by Crippen LogP contribution is -2.77. The Hall–Kier alpha value is -6.56. The SMILES string of the molecule is CC(C)(C)c1cccc(-c2ccc3c(c2)Oc2ccccc2[Si]32c3ccccc3Oc3cc(-c4cc(-c5ccccc5)nc(-c5ccccc5)n4)ccc32)c1. The van der Waals surface area contributed by atoms with Gasteiger partial charge in [0.1, 0.15) is 23.0 Å². The third-order valence-electron chi connectivity index (χ3n) is 11.0. The molecule has 2 aliphatic heterocycles. The molecule has 7 aromatic carbocycles. The molecule has 0 bridgehead atoms. The number of benzene rings is 7. The van der Waals surface area contributed by atoms with Crippen molar-refractivity contribution >= 4 is 28.8 Å². The first kappa shape index (κ1) is 33.0. The van der Waals surface area contributed by atoms with Crippen LogP contribution in [0, 0.1) is 0 Å². The van der Waals surface area contributed by atoms with E-state index in [1.165, 1.54) is 31.9 Å². The normalized spacial score (nSPS) is 15.2. The largest absolute Gasteiger partial charge is 0.458 e. The number of aromatic nitrogens is 2. The second-order valence-corrected chi connectivity index (χ2v) is 19.0. The van der Waals surface area contributed by atoms with Crippen LogP contribution in [-0.4, -0.2) is 18.0 Å². The monoisotopic (exact) mass is 726 g/mol. The lowest BCUT2D eigenvalue weighted by molar-refractivity contribution is 0.482. The molecule has 10 rings (SSSR count). The Morgan fingerprint density at radius 1 is 0.382 bits per heavy atom. The van der Waals surface area contributed by atoms with Crippen LogP contribution in [0.3, 0.4) is 0 Å². The zero-order valence-corrected chi connectivity index (χ0v) is 32.0. The van der Waals surface area contributed by atoms with Crippen molar-refractivity contribution in [1.82, 2.24) is 9.97 Å². The molecule has 0 saturated heterocycles. The van der Waals surface area contributed by atoms with Crippen molar-refractivity contribution in [3.63, 3.8) is 0 Å². The third-order valence-corrected chi connectivity index (χ3v) is 15.9. The standard InChI is InChI=1S/C50H38N2O2Si/c1-50(2,3)38-20-14-19-35(29-38)36-25-27-47-43(30-36)53-41-21-10-12-23-45(41)55(47)46-24-13-11-22-42(46)54-44-31-37(26-28-48(44)55)40-32-39(33-15-6-4-7-16-33)51-49(52-40)34-17-8-5-9-18-34/h4-32H,1-3H3. The molecule has 1 aromatic heterocycles. The van der Waals surface area contributed by atoms with Crippen molar-refractivity contribution in [1.29, 1.82) is 0 Å². The lowest BCUT2D eigenvalue weighted by Gasteiger charge is -2.43. The van der Waals surface area contributed by atoms with Gasteiger partial charge in [-0.2, -0.15) is 0 Å². The average molecular weight is 727 g/mol. The molecule has 0 saturated carbocycles. The fourth-order valence-corrected chi connectivity index (χ4v) is 13.3. The van der Waals surface area contributed by atoms with Gasteiger partial charge in [-0.1, -0.05) is 166 Å². The van der Waals surface area contributed by atoms with E-state index in [1.54, 1.807) is 0 Å². The van der Waals surface area contributed by atoms with Gasteiger partial charge in [0.25, 0.3) is 0 Å². The smallest absolute Gasteiger partial charge is 0.196 e. The van der Waals surface area contributed by atoms with Crippen LogP contribution in [0.25, 0.3) is 45.0 Å². The second-order valence-electron chi connectivity index (χ2n) is 15.4. The molecule has 3 heterocycles. The fraction of sp³-hybridized carbons (Fsp3) is 0.0800. The van der Waals surface area contributed by atoms with Gasteiger partial charge in [0.05, 0.1) is 11.4 Å². The summed E-state index contributed by atoms with van der Waals surface area (Å²) < 4.78 is 13.8. The maximum atomic E-state index is 6.92. The van der Waals surface area contributed by atoms with Gasteiger partial charge in [-0.15, -0.1) is 0 Å². The molecule has 0 amide bonds. The van der Waals surface area contributed by atoms with E-state index in [1.807, 2.05) is 36.4 Å². The minimum Gasteiger partial charge on any atom is -0.458 e. The summed E-state index contributed by atoms with van der Waals surface area (Å²) in [4.78, 5) is 10.2. The Bertz CT molecular complexity index is 2690. The fourth-order valence-electron chi connectivity index (χ4n) is 8.24. The van der Waals surface area contributed by atoms with E-state index in [9.17, 15) is 0 Å². The van der Waals surface area contributed by atoms with Gasteiger partial charge in [0, 0.05) is 16.7 Å². The molecule has 0 aliphatic carbocycles. The molecule has 0 fully saturated rings. The summed E-state index contributed by atoms with van der Waals surface area (Å²) in [6.07, 6.45) is 0. The van der Waals surface area contributed by atoms with Gasteiger partial charge in [0.2, 0.25) is 0 Å². The molecule has 4 nitrogen and oxygen atoms in total. The first-order valence-electron chi connectivity index (χ1n) is 18.8. The molecule has 8 aromatic rings. The van der Waals surface area contributed by atoms with Crippen molar-refractivity contribution < 1.29 is 9.47 Å². The zero-order valence-electron chi connectivity index (χ0n) is 31.0. The van der Waals surface area contributed by atoms with Crippen LogP contribution >= 0.6 is 0 Å². The topological polar surface area (TPSA) is 44.2 Å². The quantitative estimate of drug-likeness (QED) is 0.170. The van der Waals surface area contributed by atoms with Crippen LogP contribution in [-0.2, 0) is 5.41 Å². The summed E-state index contributed by atoms with van der Waals surface area (Å²) in [6.45, 7) is 6.78. The van der Waals surface area contributed by atoms with E-state index in [0.717, 1.165) is 56.6 Å². The minimum atomic E-state index is -2.95. The number of ether oxygens (including phenoxy) is 2. The molecule has 55 heavy (non-hydrogen) atoms. The van der Waals surface area contributed by atoms with E-state index in [2.05, 4.69) is 160 Å². The highest BCUT2D eigenvalue weighted by atomic mass is 28.3. The second kappa shape index (κ2) is 12.8. The molecule has 264 valence electrons. The number of para-hydroxylation sites is 2. The Morgan fingerprint density at radius 3 is 1.47 bits per heavy atom. The minimum absolute atomic E-state index is 0.0447. The summed E-state index contributed by atoms with van der Waals surface area (Å²) in [7, 11) is -2.95. The van der Waals surface area contributed by atoms with Crippen LogP contribution < -0.4 is 30.2 Å². The predicted molar refractivity (Wildman–Crippen MR) is 226 cm³/mol. The van der Waals surface area contributed by atoms with Gasteiger partial charge in [-0.3, -0.25) is 0 Å². The Morgan fingerprint density at radius 2 is 0.855 bits per heavy atom. The van der Waals surface area contributed by atoms with Crippen molar-refractivity contribution in [2.24, 2.45) is 0 Å². The Balaban J connectivity index is 1.18. The molecule has 5 heteroatoms. The number of hydrogen-bond acceptors (Lipinski definition) is 4. The Labute approximate surface area is 322 Å². The van der Waals surface area contributed by atoms with Crippen LogP contribution in [0.15, 0.2) is 176 Å². The molecule has 1 unspecified atom stereocenters. The van der Waals surface area contributed by atoms with E-state index in [4.69, 9.17) is 19.4 Å². The number of hydrogen-bond donors (Lipinski definition) is 0. The van der Waals surface area contributed by atoms with Crippen LogP contribution in [0.5, 0.6) is 23.0 Å². The molecule has 1 atom stereocenters. The highest BCUT2D eigenvalue weighted by molar-refractivity contribution is 7.21. The predicted octanol–water partition coefficient (Wildman–Crippen LogP) is 10.0. The molecule has 0 radical (unpaired) electrons. The number of fused-ring (bicyclic) bond motifs is 8. The van der Waals surface area contributed by atoms with E-state index < -0.39 is 8.07 Å². The molecular weight excluding hydrogens is 689 g/mol. The van der Waals surface area contributed by atoms with Gasteiger partial charge in [0.15, 0.2) is 13.9 Å². The van der Waals surface area contributed by atoms with Crippen molar-refractivity contribution in [3.05, 3.63) is 181 Å². The van der Waals surface area contributed by atoms with Crippen LogP contribution in [0.1, 0.15) is 26.3 Å². The Kier molecular flexibility index (Phi) is 7.68. The van der Waals surface area contributed by atoms with Gasteiger partial charge in [-0.05, 0) is 73.2 Å². The lowest BCUT2D eigenvalue weighted by atomic mass is 9.85. The summed E-state index contributed by atoms with van der Waals surface area (Å²) in [5.41, 5.74) is 8.35. The summed E-state index contributed by atoms with van der Waals surface area (Å²) in [5.74, 6) is 4.19. The van der Waals surface area contributed by atoms with E-state index in [0.29, 0.717) is 5.82 Å². The van der Waals surface area contributed by atoms with Crippen LogP contribution in [0.4, 0.5) is 0 Å². The van der Waals surface area contributed by atoms with Gasteiger partial charge < -0.3 is 9.47 Å². The third kappa shape index (κ3) is 5.50. The first-order valence-corrected chi connectivity index (χ1v) is 20.8. The van der Waals surface area contributed by atoms with Crippen molar-refractivity contribution in [2.45, 2.75) is 26.2 Å². The van der Waals surface area contributed by atoms with Crippen molar-refractivity contribution in [3.8, 4) is 68.0 Å². The molecular formula is C50H38N2O2Si. The molecule has 0 N–H and O–H groups in total. The van der Waals surface area contributed by atoms with Gasteiger partial charge >= 0.3 is 0 Å². The summed E-state index contributed by atoms with van der Waals surface area (Å²) in [5, 5.41) is 4.84. The average Bonchev–Trinajstić information content (AvgIpc) is 3.23. The van der Waals surface area contributed by atoms with Crippen molar-refractivity contribution in [2.75, 3.05) is 0 Å². The van der Waals surface area contributed by atoms with Gasteiger partial charge in [-0.25, -0.2) is 9.97 Å². The van der Waals surface area contributed by atoms with E-state index >= 15 is 0 Å². The summed E-state index contributed by atoms with van der Waals surface area (Å²) >= 11 is 0. The summed E-state index contributed by atoms with van der Waals surface area (Å²) in [6, 6.07) is 62.1. The maximum Gasteiger partial charge on any atom is 0.196 e. The molecule has 2 aliphatic rings. The molecule has 1 spiro atoms. The number of nitrogens with zero attached hydrogens (tertiary/aromatic N) is 2. The maximum absolute atomic E-state index is 6.92. The van der Waals surface area contributed by atoms with E-state index in [-0.39, 0.29) is 5.41 Å². The highest BCUT2D eigenvalue weighted by Gasteiger charge is 2.53. The first-order chi connectivity index (χ1) is 26.9. The van der Waals surface area contributed by atoms with Crippen LogP contribution in [0.2, 0.25) is 0 Å². The number of rotatable bonds is 4.